The fourth-order valence-corrected chi connectivity index (χ4v) is 1.27. The number of aromatic amines is 1. The summed E-state index contributed by atoms with van der Waals surface area (Å²) in [4.78, 5) is 24.0. The first-order chi connectivity index (χ1) is 6.99. The zero-order chi connectivity index (χ0) is 11.6. The van der Waals surface area contributed by atoms with Gasteiger partial charge in [0.05, 0.1) is 5.88 Å². The molecule has 82 valence electrons. The first-order valence-corrected chi connectivity index (χ1v) is 4.34. The molecule has 0 radical (unpaired) electrons. The van der Waals surface area contributed by atoms with E-state index in [2.05, 4.69) is 4.98 Å². The van der Waals surface area contributed by atoms with Gasteiger partial charge in [-0.15, -0.1) is 11.6 Å². The zero-order valence-corrected chi connectivity index (χ0v) is 8.02. The highest BCUT2D eigenvalue weighted by Crippen LogP contribution is 2.18. The summed E-state index contributed by atoms with van der Waals surface area (Å²) in [6.07, 6.45) is -2.06. The van der Waals surface area contributed by atoms with Crippen molar-refractivity contribution in [1.29, 1.82) is 0 Å². The quantitative estimate of drug-likeness (QED) is 0.787. The van der Waals surface area contributed by atoms with E-state index in [0.29, 0.717) is 0 Å². The smallest absolute Gasteiger partial charge is 0.341 e. The second kappa shape index (κ2) is 4.39. The lowest BCUT2D eigenvalue weighted by atomic mass is 10.1. The summed E-state index contributed by atoms with van der Waals surface area (Å²) in [7, 11) is 0. The molecule has 0 aliphatic carbocycles. The van der Waals surface area contributed by atoms with Crippen LogP contribution < -0.4 is 5.43 Å². The van der Waals surface area contributed by atoms with Crippen LogP contribution in [0.15, 0.2) is 11.0 Å². The van der Waals surface area contributed by atoms with E-state index in [-0.39, 0.29) is 11.4 Å². The van der Waals surface area contributed by atoms with Crippen LogP contribution in [0.3, 0.4) is 0 Å². The molecule has 0 saturated heterocycles. The molecule has 0 fully saturated rings. The van der Waals surface area contributed by atoms with Crippen molar-refractivity contribution in [2.45, 2.75) is 12.3 Å². The van der Waals surface area contributed by atoms with E-state index in [4.69, 9.17) is 16.7 Å². The second-order valence-electron chi connectivity index (χ2n) is 2.67. The number of alkyl halides is 3. The molecule has 4 nitrogen and oxygen atoms in total. The zero-order valence-electron chi connectivity index (χ0n) is 7.26. The van der Waals surface area contributed by atoms with Gasteiger partial charge in [0.1, 0.15) is 11.3 Å². The van der Waals surface area contributed by atoms with Gasteiger partial charge in [0.25, 0.3) is 6.43 Å². The molecule has 0 aliphatic heterocycles. The number of H-pyrrole nitrogens is 1. The third kappa shape index (κ3) is 2.15. The minimum atomic E-state index is -3.05. The Balaban J connectivity index is 3.52. The molecule has 0 unspecified atom stereocenters. The maximum absolute atomic E-state index is 12.3. The Kier molecular flexibility index (Phi) is 3.41. The Morgan fingerprint density at radius 2 is 2.20 bits per heavy atom. The molecule has 0 spiro atoms. The fraction of sp³-hybridized carbons (Fsp3) is 0.250. The summed E-state index contributed by atoms with van der Waals surface area (Å²) in [6.45, 7) is 0. The summed E-state index contributed by atoms with van der Waals surface area (Å²) >= 11 is 5.34. The number of aromatic nitrogens is 1. The Hall–Kier alpha value is -1.43. The predicted molar refractivity (Wildman–Crippen MR) is 48.5 cm³/mol. The molecule has 0 atom stereocenters. The van der Waals surface area contributed by atoms with Gasteiger partial charge < -0.3 is 10.1 Å². The van der Waals surface area contributed by atoms with Crippen LogP contribution in [-0.2, 0) is 5.88 Å². The molecule has 15 heavy (non-hydrogen) atoms. The van der Waals surface area contributed by atoms with Crippen LogP contribution in [0.5, 0.6) is 0 Å². The molecule has 1 aromatic rings. The Bertz CT molecular complexity index is 444. The van der Waals surface area contributed by atoms with Gasteiger partial charge in [0.15, 0.2) is 0 Å². The van der Waals surface area contributed by atoms with Gasteiger partial charge in [0, 0.05) is 11.8 Å². The van der Waals surface area contributed by atoms with Crippen LogP contribution in [0.4, 0.5) is 8.78 Å². The number of nitrogens with one attached hydrogen (secondary N) is 1. The lowest BCUT2D eigenvalue weighted by molar-refractivity contribution is 0.0680. The highest BCUT2D eigenvalue weighted by molar-refractivity contribution is 6.17. The maximum Gasteiger partial charge on any atom is 0.341 e. The first kappa shape index (κ1) is 11.6. The number of carboxylic acids is 1. The number of halogens is 3. The van der Waals surface area contributed by atoms with Crippen LogP contribution in [0.1, 0.15) is 28.0 Å². The van der Waals surface area contributed by atoms with Gasteiger partial charge >= 0.3 is 5.97 Å². The molecule has 0 aliphatic rings. The summed E-state index contributed by atoms with van der Waals surface area (Å²) in [6, 6.07) is 0. The number of aromatic carboxylic acids is 1. The van der Waals surface area contributed by atoms with Crippen LogP contribution in [-0.4, -0.2) is 16.1 Å². The normalized spacial score (nSPS) is 10.7. The molecule has 1 aromatic heterocycles. The Labute approximate surface area is 87.5 Å². The van der Waals surface area contributed by atoms with Gasteiger partial charge in [-0.25, -0.2) is 13.6 Å². The summed E-state index contributed by atoms with van der Waals surface area (Å²) < 4.78 is 24.7. The number of pyridine rings is 1. The predicted octanol–water partition coefficient (Wildman–Crippen LogP) is 1.75. The highest BCUT2D eigenvalue weighted by atomic mass is 35.5. The molecular weight excluding hydrogens is 232 g/mol. The van der Waals surface area contributed by atoms with E-state index in [1.807, 2.05) is 0 Å². The third-order valence-electron chi connectivity index (χ3n) is 1.77. The summed E-state index contributed by atoms with van der Waals surface area (Å²) in [5.41, 5.74) is -2.89. The number of rotatable bonds is 3. The van der Waals surface area contributed by atoms with E-state index in [9.17, 15) is 18.4 Å². The molecule has 7 heteroatoms. The van der Waals surface area contributed by atoms with Gasteiger partial charge in [0.2, 0.25) is 5.43 Å². The number of carbonyl (C=O) groups is 1. The molecular formula is C8H6ClF2NO3. The average Bonchev–Trinajstić information content (AvgIpc) is 2.16. The second-order valence-corrected chi connectivity index (χ2v) is 2.94. The third-order valence-corrected chi connectivity index (χ3v) is 2.05. The van der Waals surface area contributed by atoms with Crippen LogP contribution in [0.25, 0.3) is 0 Å². The molecule has 0 aromatic carbocycles. The number of hydrogen-bond acceptors (Lipinski definition) is 2. The standard InChI is InChI=1S/C8H6ClF2NO3/c9-1-3-2-12-5(7(10)11)4(6(3)13)8(14)15/h2,7H,1H2,(H,12,13)(H,14,15). The number of carboxylic acid groups (broad SMARTS) is 1. The van der Waals surface area contributed by atoms with Crippen LogP contribution >= 0.6 is 11.6 Å². The largest absolute Gasteiger partial charge is 0.477 e. The van der Waals surface area contributed by atoms with E-state index in [1.54, 1.807) is 0 Å². The molecule has 1 rings (SSSR count). The van der Waals surface area contributed by atoms with Gasteiger partial charge in [-0.05, 0) is 0 Å². The van der Waals surface area contributed by atoms with Gasteiger partial charge in [-0.1, -0.05) is 0 Å². The highest BCUT2D eigenvalue weighted by Gasteiger charge is 2.23. The van der Waals surface area contributed by atoms with E-state index in [1.165, 1.54) is 0 Å². The van der Waals surface area contributed by atoms with Crippen molar-refractivity contribution in [2.24, 2.45) is 0 Å². The van der Waals surface area contributed by atoms with Crippen molar-refractivity contribution in [2.75, 3.05) is 0 Å². The maximum atomic E-state index is 12.3. The SMILES string of the molecule is O=C(O)c1c(C(F)F)[nH]cc(CCl)c1=O. The minimum Gasteiger partial charge on any atom is -0.477 e. The molecule has 2 N–H and O–H groups in total. The monoisotopic (exact) mass is 237 g/mol. The van der Waals surface area contributed by atoms with Crippen molar-refractivity contribution in [3.8, 4) is 0 Å². The fourth-order valence-electron chi connectivity index (χ4n) is 1.07. The van der Waals surface area contributed by atoms with Crippen LogP contribution in [0, 0.1) is 0 Å². The molecule has 0 bridgehead atoms. The van der Waals surface area contributed by atoms with Crippen molar-refractivity contribution in [1.82, 2.24) is 4.98 Å². The molecule has 0 amide bonds. The summed E-state index contributed by atoms with van der Waals surface area (Å²) in [5.74, 6) is -1.93. The molecule has 0 saturated carbocycles. The average molecular weight is 238 g/mol. The Morgan fingerprint density at radius 1 is 1.60 bits per heavy atom. The Morgan fingerprint density at radius 3 is 2.60 bits per heavy atom. The lowest BCUT2D eigenvalue weighted by Gasteiger charge is -2.05. The van der Waals surface area contributed by atoms with Gasteiger partial charge in [-0.2, -0.15) is 0 Å². The van der Waals surface area contributed by atoms with Crippen molar-refractivity contribution < 1.29 is 18.7 Å². The van der Waals surface area contributed by atoms with E-state index < -0.39 is 29.1 Å². The van der Waals surface area contributed by atoms with Crippen molar-refractivity contribution in [3.05, 3.63) is 33.2 Å². The van der Waals surface area contributed by atoms with Crippen molar-refractivity contribution in [3.63, 3.8) is 0 Å². The number of hydrogen-bond donors (Lipinski definition) is 2. The molecule has 1 heterocycles. The van der Waals surface area contributed by atoms with Gasteiger partial charge in [-0.3, -0.25) is 4.79 Å². The summed E-state index contributed by atoms with van der Waals surface area (Å²) in [5, 5.41) is 8.62. The van der Waals surface area contributed by atoms with E-state index in [0.717, 1.165) is 6.20 Å². The topological polar surface area (TPSA) is 70.2 Å². The first-order valence-electron chi connectivity index (χ1n) is 3.81. The van der Waals surface area contributed by atoms with E-state index >= 15 is 0 Å². The van der Waals surface area contributed by atoms with Crippen molar-refractivity contribution >= 4 is 17.6 Å². The lowest BCUT2D eigenvalue weighted by Crippen LogP contribution is -2.22. The van der Waals surface area contributed by atoms with Crippen LogP contribution in [0.2, 0.25) is 0 Å². The minimum absolute atomic E-state index is 0.0570.